The molecule has 0 aromatic heterocycles. The third kappa shape index (κ3) is 5.71. The minimum atomic E-state index is -0.269. The predicted molar refractivity (Wildman–Crippen MR) is 116 cm³/mol. The van der Waals surface area contributed by atoms with Crippen LogP contribution in [0.4, 0.5) is 0 Å². The Bertz CT molecular complexity index is 809. The summed E-state index contributed by atoms with van der Waals surface area (Å²) in [7, 11) is 1.58. The zero-order valence-electron chi connectivity index (χ0n) is 16.8. The van der Waals surface area contributed by atoms with Gasteiger partial charge in [-0.1, -0.05) is 31.2 Å². The van der Waals surface area contributed by atoms with Gasteiger partial charge in [-0.3, -0.25) is 9.59 Å². The van der Waals surface area contributed by atoms with Gasteiger partial charge in [-0.05, 0) is 41.8 Å². The van der Waals surface area contributed by atoms with Crippen LogP contribution in [0.1, 0.15) is 34.5 Å². The van der Waals surface area contributed by atoms with Crippen LogP contribution >= 0.6 is 12.4 Å². The van der Waals surface area contributed by atoms with Crippen molar-refractivity contribution in [3.05, 3.63) is 65.2 Å². The van der Waals surface area contributed by atoms with E-state index in [-0.39, 0.29) is 36.8 Å². The first kappa shape index (κ1) is 22.7. The molecule has 6 nitrogen and oxygen atoms in total. The molecular weight excluding hydrogens is 390 g/mol. The monoisotopic (exact) mass is 417 g/mol. The van der Waals surface area contributed by atoms with Gasteiger partial charge in [0.05, 0.1) is 19.7 Å². The average molecular weight is 418 g/mol. The second kappa shape index (κ2) is 10.8. The molecule has 3 rings (SSSR count). The minimum Gasteiger partial charge on any atom is -0.497 e. The normalized spacial score (nSPS) is 15.9. The van der Waals surface area contributed by atoms with Gasteiger partial charge in [0.2, 0.25) is 5.91 Å². The zero-order valence-corrected chi connectivity index (χ0v) is 17.6. The highest BCUT2D eigenvalue weighted by Gasteiger charge is 2.27. The minimum absolute atomic E-state index is 0. The summed E-state index contributed by atoms with van der Waals surface area (Å²) in [6.07, 6.45) is 0.989. The van der Waals surface area contributed by atoms with Gasteiger partial charge in [-0.25, -0.2) is 0 Å². The number of halogens is 1. The molecule has 1 saturated heterocycles. The number of ether oxygens (including phenoxy) is 1. The average Bonchev–Trinajstić information content (AvgIpc) is 2.77. The van der Waals surface area contributed by atoms with Gasteiger partial charge >= 0.3 is 0 Å². The van der Waals surface area contributed by atoms with E-state index in [0.717, 1.165) is 18.5 Å². The first-order valence-electron chi connectivity index (χ1n) is 9.63. The molecule has 2 aromatic rings. The quantitative estimate of drug-likeness (QED) is 0.757. The molecule has 2 N–H and O–H groups in total. The van der Waals surface area contributed by atoms with Crippen molar-refractivity contribution in [1.29, 1.82) is 0 Å². The molecule has 0 radical (unpaired) electrons. The summed E-state index contributed by atoms with van der Waals surface area (Å²) in [5, 5.41) is 6.09. The number of benzene rings is 2. The SMILES string of the molecule is CCc1ccc(C2CNCCN2C(=O)CNC(=O)c2ccc(OC)cc2)cc1.Cl. The first-order chi connectivity index (χ1) is 13.6. The number of aryl methyl sites for hydroxylation is 1. The van der Waals surface area contributed by atoms with Gasteiger partial charge in [-0.2, -0.15) is 0 Å². The summed E-state index contributed by atoms with van der Waals surface area (Å²) >= 11 is 0. The summed E-state index contributed by atoms with van der Waals surface area (Å²) < 4.78 is 5.10. The van der Waals surface area contributed by atoms with Crippen molar-refractivity contribution in [2.45, 2.75) is 19.4 Å². The number of hydrogen-bond acceptors (Lipinski definition) is 4. The Kier molecular flexibility index (Phi) is 8.49. The van der Waals surface area contributed by atoms with E-state index >= 15 is 0 Å². The van der Waals surface area contributed by atoms with E-state index in [1.165, 1.54) is 5.56 Å². The molecule has 156 valence electrons. The molecule has 1 aliphatic heterocycles. The summed E-state index contributed by atoms with van der Waals surface area (Å²) in [4.78, 5) is 27.0. The van der Waals surface area contributed by atoms with Crippen molar-refractivity contribution in [1.82, 2.24) is 15.5 Å². The lowest BCUT2D eigenvalue weighted by molar-refractivity contribution is -0.133. The van der Waals surface area contributed by atoms with Crippen molar-refractivity contribution in [3.63, 3.8) is 0 Å². The van der Waals surface area contributed by atoms with E-state index < -0.39 is 0 Å². The Morgan fingerprint density at radius 1 is 1.14 bits per heavy atom. The summed E-state index contributed by atoms with van der Waals surface area (Å²) in [6, 6.07) is 15.2. The first-order valence-corrected chi connectivity index (χ1v) is 9.63. The lowest BCUT2D eigenvalue weighted by atomic mass is 10.0. The highest BCUT2D eigenvalue weighted by Crippen LogP contribution is 2.23. The number of amides is 2. The molecule has 1 atom stereocenters. The number of carbonyl (C=O) groups excluding carboxylic acids is 2. The molecule has 2 aromatic carbocycles. The molecular formula is C22H28ClN3O3. The Hall–Kier alpha value is -2.57. The third-order valence-corrected chi connectivity index (χ3v) is 5.09. The maximum Gasteiger partial charge on any atom is 0.251 e. The lowest BCUT2D eigenvalue weighted by Gasteiger charge is -2.36. The van der Waals surface area contributed by atoms with Crippen LogP contribution in [0.25, 0.3) is 0 Å². The molecule has 0 saturated carbocycles. The second-order valence-corrected chi connectivity index (χ2v) is 6.81. The maximum atomic E-state index is 12.8. The third-order valence-electron chi connectivity index (χ3n) is 5.09. The van der Waals surface area contributed by atoms with Gasteiger partial charge in [0.15, 0.2) is 0 Å². The molecule has 1 aliphatic rings. The van der Waals surface area contributed by atoms with Crippen LogP contribution in [0, 0.1) is 0 Å². The molecule has 1 unspecified atom stereocenters. The summed E-state index contributed by atoms with van der Waals surface area (Å²) in [6.45, 7) is 4.19. The lowest BCUT2D eigenvalue weighted by Crippen LogP contribution is -2.51. The largest absolute Gasteiger partial charge is 0.497 e. The molecule has 7 heteroatoms. The molecule has 1 heterocycles. The molecule has 2 amide bonds. The van der Waals surface area contributed by atoms with E-state index in [0.29, 0.717) is 24.4 Å². The van der Waals surface area contributed by atoms with E-state index in [1.54, 1.807) is 31.4 Å². The van der Waals surface area contributed by atoms with E-state index in [4.69, 9.17) is 4.74 Å². The molecule has 0 bridgehead atoms. The molecule has 1 fully saturated rings. The van der Waals surface area contributed by atoms with Gasteiger partial charge < -0.3 is 20.3 Å². The fraction of sp³-hybridized carbons (Fsp3) is 0.364. The van der Waals surface area contributed by atoms with Gasteiger partial charge in [-0.15, -0.1) is 12.4 Å². The van der Waals surface area contributed by atoms with E-state index in [2.05, 4.69) is 41.8 Å². The van der Waals surface area contributed by atoms with Crippen LogP contribution in [0.2, 0.25) is 0 Å². The fourth-order valence-corrected chi connectivity index (χ4v) is 3.38. The van der Waals surface area contributed by atoms with E-state index in [1.807, 2.05) is 4.90 Å². The fourth-order valence-electron chi connectivity index (χ4n) is 3.38. The van der Waals surface area contributed by atoms with Crippen LogP contribution in [0.3, 0.4) is 0 Å². The number of nitrogens with zero attached hydrogens (tertiary/aromatic N) is 1. The number of piperazine rings is 1. The Labute approximate surface area is 178 Å². The van der Waals surface area contributed by atoms with Crippen LogP contribution in [0.5, 0.6) is 5.75 Å². The smallest absolute Gasteiger partial charge is 0.251 e. The molecule has 0 spiro atoms. The molecule has 0 aliphatic carbocycles. The highest BCUT2D eigenvalue weighted by atomic mass is 35.5. The van der Waals surface area contributed by atoms with Crippen molar-refractivity contribution in [2.75, 3.05) is 33.3 Å². The second-order valence-electron chi connectivity index (χ2n) is 6.81. The highest BCUT2D eigenvalue weighted by molar-refractivity contribution is 5.96. The summed E-state index contributed by atoms with van der Waals surface area (Å²) in [5.74, 6) is 0.341. The van der Waals surface area contributed by atoms with Crippen LogP contribution in [-0.4, -0.2) is 50.0 Å². The van der Waals surface area contributed by atoms with Crippen molar-refractivity contribution >= 4 is 24.2 Å². The number of methoxy groups -OCH3 is 1. The Balaban J connectivity index is 0.00000300. The van der Waals surface area contributed by atoms with Crippen LogP contribution in [0.15, 0.2) is 48.5 Å². The van der Waals surface area contributed by atoms with Crippen molar-refractivity contribution in [2.24, 2.45) is 0 Å². The number of carbonyl (C=O) groups is 2. The maximum absolute atomic E-state index is 12.8. The summed E-state index contributed by atoms with van der Waals surface area (Å²) in [5.41, 5.74) is 2.89. The number of nitrogens with one attached hydrogen (secondary N) is 2. The van der Waals surface area contributed by atoms with Crippen LogP contribution < -0.4 is 15.4 Å². The predicted octanol–water partition coefficient (Wildman–Crippen LogP) is 2.58. The number of hydrogen-bond donors (Lipinski definition) is 2. The topological polar surface area (TPSA) is 70.7 Å². The van der Waals surface area contributed by atoms with Gasteiger partial charge in [0.25, 0.3) is 5.91 Å². The Morgan fingerprint density at radius 3 is 2.45 bits per heavy atom. The van der Waals surface area contributed by atoms with Crippen LogP contribution in [-0.2, 0) is 11.2 Å². The van der Waals surface area contributed by atoms with Gasteiger partial charge in [0.1, 0.15) is 5.75 Å². The number of rotatable bonds is 6. The molecule has 29 heavy (non-hydrogen) atoms. The van der Waals surface area contributed by atoms with Crippen molar-refractivity contribution in [3.8, 4) is 5.75 Å². The Morgan fingerprint density at radius 2 is 1.83 bits per heavy atom. The van der Waals surface area contributed by atoms with Crippen molar-refractivity contribution < 1.29 is 14.3 Å². The van der Waals surface area contributed by atoms with Gasteiger partial charge in [0, 0.05) is 25.2 Å². The van der Waals surface area contributed by atoms with E-state index in [9.17, 15) is 9.59 Å². The standard InChI is InChI=1S/C22H27N3O3.ClH/c1-3-16-4-6-17(7-5-16)20-14-23-12-13-25(20)21(26)15-24-22(27)18-8-10-19(28-2)11-9-18;/h4-11,20,23H,3,12-15H2,1-2H3,(H,24,27);1H. The zero-order chi connectivity index (χ0) is 19.9.